The van der Waals surface area contributed by atoms with Crippen LogP contribution >= 0.6 is 0 Å². The highest BCUT2D eigenvalue weighted by atomic mass is 16.8. The van der Waals surface area contributed by atoms with E-state index in [2.05, 4.69) is 17.4 Å². The number of benzene rings is 1. The maximum Gasteiger partial charge on any atom is 0.511 e. The molecule has 2 saturated carbocycles. The molecule has 164 valence electrons. The van der Waals surface area contributed by atoms with Crippen LogP contribution in [0.5, 0.6) is 5.75 Å². The van der Waals surface area contributed by atoms with Crippen molar-refractivity contribution in [1.29, 1.82) is 0 Å². The lowest BCUT2D eigenvalue weighted by molar-refractivity contribution is -0.0182. The van der Waals surface area contributed by atoms with E-state index in [1.165, 1.54) is 56.1 Å². The average Bonchev–Trinajstić information content (AvgIpc) is 3.03. The summed E-state index contributed by atoms with van der Waals surface area (Å²) in [5.74, 6) is 1.54. The van der Waals surface area contributed by atoms with E-state index in [1.54, 1.807) is 0 Å². The number of nitrogens with one attached hydrogen (secondary N) is 1. The van der Waals surface area contributed by atoms with E-state index >= 15 is 0 Å². The number of carbonyl (C=O) groups is 1. The first-order chi connectivity index (χ1) is 14.7. The third-order valence-corrected chi connectivity index (χ3v) is 8.09. The largest absolute Gasteiger partial charge is 0.511 e. The molecule has 5 rings (SSSR count). The molecule has 1 heterocycles. The van der Waals surface area contributed by atoms with Gasteiger partial charge in [-0.1, -0.05) is 31.7 Å². The van der Waals surface area contributed by atoms with Crippen LogP contribution in [0, 0.1) is 5.92 Å². The van der Waals surface area contributed by atoms with Crippen LogP contribution in [0.15, 0.2) is 18.2 Å². The molecule has 5 nitrogen and oxygen atoms in total. The van der Waals surface area contributed by atoms with Crippen LogP contribution in [0.25, 0.3) is 0 Å². The van der Waals surface area contributed by atoms with E-state index in [1.807, 2.05) is 6.07 Å². The summed E-state index contributed by atoms with van der Waals surface area (Å²) in [5, 5.41) is 3.78. The maximum atomic E-state index is 12.0. The van der Waals surface area contributed by atoms with Crippen molar-refractivity contribution in [2.45, 2.75) is 94.6 Å². The normalized spacial score (nSPS) is 31.1. The van der Waals surface area contributed by atoms with Gasteiger partial charge in [-0.05, 0) is 87.1 Å². The number of hydrogen-bond donors (Lipinski definition) is 1. The van der Waals surface area contributed by atoms with Crippen LogP contribution in [-0.4, -0.2) is 31.6 Å². The van der Waals surface area contributed by atoms with E-state index < -0.39 is 6.16 Å². The van der Waals surface area contributed by atoms with Gasteiger partial charge in [0.1, 0.15) is 11.9 Å². The van der Waals surface area contributed by atoms with Gasteiger partial charge in [0.2, 0.25) is 6.79 Å². The summed E-state index contributed by atoms with van der Waals surface area (Å²) in [6.45, 7) is 1.02. The highest BCUT2D eigenvalue weighted by Crippen LogP contribution is 2.54. The molecule has 4 aliphatic rings. The first-order valence-electron chi connectivity index (χ1n) is 12.1. The molecule has 0 unspecified atom stereocenters. The van der Waals surface area contributed by atoms with Crippen molar-refractivity contribution in [3.8, 4) is 5.75 Å². The van der Waals surface area contributed by atoms with Crippen molar-refractivity contribution in [3.63, 3.8) is 0 Å². The second-order valence-electron chi connectivity index (χ2n) is 9.73. The van der Waals surface area contributed by atoms with Crippen LogP contribution < -0.4 is 10.1 Å². The standard InChI is InChI=1S/C25H35NO4/c27-24(30-19-7-3-1-2-4-8-19)29-17-28-20-11-10-18-15-23-21-9-5-6-12-25(21,13-14-26-23)22(18)16-20/h10-11,16,19,21,23,26H,1-9,12-15,17H2/t21-,23+,25-/m1/s1. The molecule has 3 fully saturated rings. The third kappa shape index (κ3) is 3.93. The van der Waals surface area contributed by atoms with Gasteiger partial charge < -0.3 is 19.5 Å². The smallest absolute Gasteiger partial charge is 0.457 e. The predicted octanol–water partition coefficient (Wildman–Crippen LogP) is 5.24. The van der Waals surface area contributed by atoms with Gasteiger partial charge in [0.25, 0.3) is 0 Å². The number of piperidine rings is 1. The molecule has 1 aromatic rings. The van der Waals surface area contributed by atoms with Crippen molar-refractivity contribution in [2.75, 3.05) is 13.3 Å². The molecule has 3 aliphatic carbocycles. The van der Waals surface area contributed by atoms with Crippen molar-refractivity contribution >= 4 is 6.16 Å². The minimum atomic E-state index is -0.605. The quantitative estimate of drug-likeness (QED) is 0.415. The van der Waals surface area contributed by atoms with Gasteiger partial charge in [-0.3, -0.25) is 0 Å². The Morgan fingerprint density at radius 3 is 2.73 bits per heavy atom. The van der Waals surface area contributed by atoms with Crippen LogP contribution in [0.1, 0.15) is 81.8 Å². The molecule has 0 radical (unpaired) electrons. The summed E-state index contributed by atoms with van der Waals surface area (Å²) in [6.07, 6.45) is 13.6. The molecule has 2 bridgehead atoms. The SMILES string of the molecule is O=C(OCOc1ccc2c(c1)[C@@]13CCCC[C@@H]1[C@H](C2)NCC3)OC1CCCCCC1. The highest BCUT2D eigenvalue weighted by Gasteiger charge is 2.51. The summed E-state index contributed by atoms with van der Waals surface area (Å²) < 4.78 is 16.5. The molecule has 3 atom stereocenters. The lowest BCUT2D eigenvalue weighted by Crippen LogP contribution is -2.59. The second kappa shape index (κ2) is 8.78. The van der Waals surface area contributed by atoms with Crippen molar-refractivity contribution < 1.29 is 19.0 Å². The molecule has 1 aromatic carbocycles. The number of rotatable bonds is 4. The van der Waals surface area contributed by atoms with Gasteiger partial charge in [-0.2, -0.15) is 0 Å². The molecule has 1 saturated heterocycles. The number of fused-ring (bicyclic) bond motifs is 1. The molecule has 0 spiro atoms. The third-order valence-electron chi connectivity index (χ3n) is 8.09. The van der Waals surface area contributed by atoms with Gasteiger partial charge in [0.15, 0.2) is 0 Å². The van der Waals surface area contributed by atoms with Crippen LogP contribution in [0.4, 0.5) is 4.79 Å². The van der Waals surface area contributed by atoms with Crippen molar-refractivity contribution in [3.05, 3.63) is 29.3 Å². The molecule has 1 N–H and O–H groups in total. The van der Waals surface area contributed by atoms with Gasteiger partial charge in [-0.25, -0.2) is 4.79 Å². The first-order valence-corrected chi connectivity index (χ1v) is 12.1. The Bertz CT molecular complexity index is 754. The maximum absolute atomic E-state index is 12.0. The molecule has 1 aliphatic heterocycles. The zero-order chi connectivity index (χ0) is 20.4. The fourth-order valence-electron chi connectivity index (χ4n) is 6.67. The Labute approximate surface area is 179 Å². The Kier molecular flexibility index (Phi) is 5.90. The zero-order valence-electron chi connectivity index (χ0n) is 18.0. The molecule has 0 amide bonds. The summed E-state index contributed by atoms with van der Waals surface area (Å²) >= 11 is 0. The second-order valence-corrected chi connectivity index (χ2v) is 9.73. The monoisotopic (exact) mass is 413 g/mol. The molecular weight excluding hydrogens is 378 g/mol. The molecular formula is C25H35NO4. The Hall–Kier alpha value is -1.75. The lowest BCUT2D eigenvalue weighted by Gasteiger charge is -2.56. The van der Waals surface area contributed by atoms with E-state index in [0.29, 0.717) is 11.5 Å². The molecule has 5 heteroatoms. The Morgan fingerprint density at radius 1 is 1.03 bits per heavy atom. The molecule has 0 aromatic heterocycles. The van der Waals surface area contributed by atoms with Gasteiger partial charge in [-0.15, -0.1) is 0 Å². The fourth-order valence-corrected chi connectivity index (χ4v) is 6.67. The minimum Gasteiger partial charge on any atom is -0.457 e. The highest BCUT2D eigenvalue weighted by molar-refractivity contribution is 5.60. The minimum absolute atomic E-state index is 0.000985. The van der Waals surface area contributed by atoms with Crippen molar-refractivity contribution in [1.82, 2.24) is 5.32 Å². The van der Waals surface area contributed by atoms with E-state index in [-0.39, 0.29) is 12.9 Å². The average molecular weight is 414 g/mol. The summed E-state index contributed by atoms with van der Waals surface area (Å²) in [6, 6.07) is 7.10. The summed E-state index contributed by atoms with van der Waals surface area (Å²) in [7, 11) is 0. The topological polar surface area (TPSA) is 56.8 Å². The zero-order valence-corrected chi connectivity index (χ0v) is 18.0. The van der Waals surface area contributed by atoms with Gasteiger partial charge >= 0.3 is 6.16 Å². The Morgan fingerprint density at radius 2 is 1.87 bits per heavy atom. The van der Waals surface area contributed by atoms with Crippen molar-refractivity contribution in [2.24, 2.45) is 5.92 Å². The number of carbonyl (C=O) groups excluding carboxylic acids is 1. The number of hydrogen-bond acceptors (Lipinski definition) is 5. The van der Waals surface area contributed by atoms with E-state index in [0.717, 1.165) is 50.3 Å². The molecule has 30 heavy (non-hydrogen) atoms. The fraction of sp³-hybridized carbons (Fsp3) is 0.720. The summed E-state index contributed by atoms with van der Waals surface area (Å²) in [4.78, 5) is 12.0. The predicted molar refractivity (Wildman–Crippen MR) is 115 cm³/mol. The number of ether oxygens (including phenoxy) is 3. The van der Waals surface area contributed by atoms with Crippen LogP contribution in [-0.2, 0) is 21.3 Å². The van der Waals surface area contributed by atoms with E-state index in [4.69, 9.17) is 14.2 Å². The lowest BCUT2D eigenvalue weighted by atomic mass is 9.53. The first kappa shape index (κ1) is 20.2. The Balaban J connectivity index is 1.21. The van der Waals surface area contributed by atoms with Crippen LogP contribution in [0.2, 0.25) is 0 Å². The van der Waals surface area contributed by atoms with E-state index in [9.17, 15) is 4.79 Å². The van der Waals surface area contributed by atoms with Gasteiger partial charge in [0, 0.05) is 11.5 Å². The summed E-state index contributed by atoms with van der Waals surface area (Å²) in [5.41, 5.74) is 3.26. The van der Waals surface area contributed by atoms with Crippen LogP contribution in [0.3, 0.4) is 0 Å². The van der Waals surface area contributed by atoms with Gasteiger partial charge in [0.05, 0.1) is 0 Å².